The zero-order chi connectivity index (χ0) is 17.5. The molecule has 3 rings (SSSR count). The van der Waals surface area contributed by atoms with Crippen LogP contribution in [0.15, 0.2) is 42.6 Å². The average Bonchev–Trinajstić information content (AvgIpc) is 3.09. The summed E-state index contributed by atoms with van der Waals surface area (Å²) in [6.45, 7) is 5.85. The van der Waals surface area contributed by atoms with Gasteiger partial charge >= 0.3 is 5.97 Å². The van der Waals surface area contributed by atoms with Gasteiger partial charge in [0, 0.05) is 12.3 Å². The largest absolute Gasteiger partial charge is 0.464 e. The van der Waals surface area contributed by atoms with Crippen molar-refractivity contribution in [2.75, 3.05) is 7.11 Å². The topological polar surface area (TPSA) is 82.8 Å². The molecule has 3 aromatic rings. The first-order valence-corrected chi connectivity index (χ1v) is 7.59. The fourth-order valence-corrected chi connectivity index (χ4v) is 1.96. The van der Waals surface area contributed by atoms with E-state index in [0.29, 0.717) is 17.2 Å². The van der Waals surface area contributed by atoms with Crippen LogP contribution in [-0.4, -0.2) is 38.0 Å². The Balaban J connectivity index is 0.00000100. The van der Waals surface area contributed by atoms with Crippen molar-refractivity contribution in [1.29, 1.82) is 0 Å². The van der Waals surface area contributed by atoms with Crippen molar-refractivity contribution in [2.24, 2.45) is 0 Å². The zero-order valence-electron chi connectivity index (χ0n) is 14.1. The van der Waals surface area contributed by atoms with Crippen molar-refractivity contribution in [3.63, 3.8) is 0 Å². The number of aryl methyl sites for hydroxylation is 1. The van der Waals surface area contributed by atoms with Gasteiger partial charge in [-0.2, -0.15) is 10.2 Å². The van der Waals surface area contributed by atoms with E-state index < -0.39 is 5.97 Å². The minimum absolute atomic E-state index is 0.186. The minimum Gasteiger partial charge on any atom is -0.464 e. The molecule has 0 saturated carbocycles. The van der Waals surface area contributed by atoms with Crippen LogP contribution in [0.1, 0.15) is 30.0 Å². The van der Waals surface area contributed by atoms with Crippen molar-refractivity contribution in [1.82, 2.24) is 25.0 Å². The molecule has 0 fully saturated rings. The second-order valence-electron chi connectivity index (χ2n) is 4.57. The van der Waals surface area contributed by atoms with Crippen molar-refractivity contribution >= 4 is 5.97 Å². The standard InChI is InChI=1S/C15H13N5O2.C2H6/c1-10-6-7-14(18-17-10)20-13(11-5-3-4-8-16-11)9-12(19-20)15(21)22-2;1-2/h3-9H,1-2H3;1-2H3. The Morgan fingerprint density at radius 3 is 2.50 bits per heavy atom. The summed E-state index contributed by atoms with van der Waals surface area (Å²) in [4.78, 5) is 16.0. The number of carbonyl (C=O) groups excluding carboxylic acids is 1. The molecule has 0 unspecified atom stereocenters. The summed E-state index contributed by atoms with van der Waals surface area (Å²) in [5, 5.41) is 12.4. The van der Waals surface area contributed by atoms with Crippen molar-refractivity contribution < 1.29 is 9.53 Å². The Kier molecular flexibility index (Phi) is 5.73. The summed E-state index contributed by atoms with van der Waals surface area (Å²) in [5.74, 6) is -0.0163. The highest BCUT2D eigenvalue weighted by Crippen LogP contribution is 2.21. The highest BCUT2D eigenvalue weighted by atomic mass is 16.5. The van der Waals surface area contributed by atoms with Gasteiger partial charge in [-0.05, 0) is 31.2 Å². The van der Waals surface area contributed by atoms with Crippen LogP contribution in [0, 0.1) is 6.92 Å². The molecule has 24 heavy (non-hydrogen) atoms. The van der Waals surface area contributed by atoms with E-state index in [9.17, 15) is 4.79 Å². The van der Waals surface area contributed by atoms with E-state index in [4.69, 9.17) is 4.74 Å². The van der Waals surface area contributed by atoms with E-state index >= 15 is 0 Å². The Morgan fingerprint density at radius 2 is 1.92 bits per heavy atom. The van der Waals surface area contributed by atoms with Crippen molar-refractivity contribution in [3.8, 4) is 17.2 Å². The lowest BCUT2D eigenvalue weighted by molar-refractivity contribution is 0.0593. The maximum atomic E-state index is 11.7. The first-order valence-electron chi connectivity index (χ1n) is 7.59. The summed E-state index contributed by atoms with van der Waals surface area (Å²) in [5.41, 5.74) is 2.29. The number of aromatic nitrogens is 5. The molecule has 3 heterocycles. The highest BCUT2D eigenvalue weighted by molar-refractivity contribution is 5.88. The number of ether oxygens (including phenoxy) is 1. The fourth-order valence-electron chi connectivity index (χ4n) is 1.96. The molecule has 0 radical (unpaired) electrons. The molecule has 7 heteroatoms. The first-order chi connectivity index (χ1) is 11.7. The molecule has 0 aliphatic rings. The second-order valence-corrected chi connectivity index (χ2v) is 4.57. The highest BCUT2D eigenvalue weighted by Gasteiger charge is 2.18. The lowest BCUT2D eigenvalue weighted by Crippen LogP contribution is -2.06. The Labute approximate surface area is 140 Å². The third-order valence-electron chi connectivity index (χ3n) is 3.03. The molecule has 124 valence electrons. The van der Waals surface area contributed by atoms with E-state index in [1.165, 1.54) is 11.8 Å². The number of carbonyl (C=O) groups is 1. The zero-order valence-corrected chi connectivity index (χ0v) is 14.1. The second kappa shape index (κ2) is 7.96. The summed E-state index contributed by atoms with van der Waals surface area (Å²) in [6.07, 6.45) is 1.67. The number of esters is 1. The molecule has 0 saturated heterocycles. The maximum Gasteiger partial charge on any atom is 0.358 e. The Hall–Kier alpha value is -3.09. The number of rotatable bonds is 3. The third kappa shape index (κ3) is 3.62. The van der Waals surface area contributed by atoms with Crippen LogP contribution in [0.5, 0.6) is 0 Å². The molecule has 3 aromatic heterocycles. The van der Waals surface area contributed by atoms with E-state index in [-0.39, 0.29) is 5.69 Å². The third-order valence-corrected chi connectivity index (χ3v) is 3.03. The molecule has 0 N–H and O–H groups in total. The van der Waals surface area contributed by atoms with Crippen LogP contribution < -0.4 is 0 Å². The van der Waals surface area contributed by atoms with Gasteiger partial charge in [0.15, 0.2) is 11.5 Å². The average molecular weight is 325 g/mol. The van der Waals surface area contributed by atoms with Crippen LogP contribution in [0.25, 0.3) is 17.2 Å². The van der Waals surface area contributed by atoms with Crippen LogP contribution in [-0.2, 0) is 4.74 Å². The van der Waals surface area contributed by atoms with Gasteiger partial charge < -0.3 is 4.74 Å². The molecule has 0 aliphatic carbocycles. The van der Waals surface area contributed by atoms with Crippen molar-refractivity contribution in [2.45, 2.75) is 20.8 Å². The van der Waals surface area contributed by atoms with Crippen molar-refractivity contribution in [3.05, 3.63) is 54.0 Å². The number of nitrogens with zero attached hydrogens (tertiary/aromatic N) is 5. The number of hydrogen-bond acceptors (Lipinski definition) is 6. The molecular weight excluding hydrogens is 306 g/mol. The van der Waals surface area contributed by atoms with Crippen LogP contribution in [0.2, 0.25) is 0 Å². The number of pyridine rings is 1. The molecule has 0 bridgehead atoms. The number of hydrogen-bond donors (Lipinski definition) is 0. The minimum atomic E-state index is -0.518. The van der Waals surface area contributed by atoms with Crippen LogP contribution >= 0.6 is 0 Å². The molecule has 0 aromatic carbocycles. The quantitative estimate of drug-likeness (QED) is 0.689. The summed E-state index contributed by atoms with van der Waals surface area (Å²) < 4.78 is 6.25. The van der Waals surface area contributed by atoms with Gasteiger partial charge in [-0.3, -0.25) is 4.98 Å². The van der Waals surface area contributed by atoms with Gasteiger partial charge in [-0.25, -0.2) is 9.48 Å². The van der Waals surface area contributed by atoms with E-state index in [0.717, 1.165) is 5.69 Å². The predicted octanol–water partition coefficient (Wildman–Crippen LogP) is 2.85. The summed E-state index contributed by atoms with van der Waals surface area (Å²) in [6, 6.07) is 10.7. The normalized spacial score (nSPS) is 9.83. The number of methoxy groups -OCH3 is 1. The van der Waals surface area contributed by atoms with Crippen LogP contribution in [0.3, 0.4) is 0 Å². The van der Waals surface area contributed by atoms with Gasteiger partial charge in [0.2, 0.25) is 0 Å². The molecule has 0 spiro atoms. The monoisotopic (exact) mass is 325 g/mol. The van der Waals surface area contributed by atoms with Gasteiger partial charge in [0.25, 0.3) is 0 Å². The Morgan fingerprint density at radius 1 is 1.12 bits per heavy atom. The lowest BCUT2D eigenvalue weighted by Gasteiger charge is -2.05. The van der Waals surface area contributed by atoms with Gasteiger partial charge in [0.1, 0.15) is 0 Å². The van der Waals surface area contributed by atoms with Gasteiger partial charge in [-0.1, -0.05) is 19.9 Å². The lowest BCUT2D eigenvalue weighted by atomic mass is 10.2. The molecule has 0 amide bonds. The maximum absolute atomic E-state index is 11.7. The molecule has 0 atom stereocenters. The fraction of sp³-hybridized carbons (Fsp3) is 0.235. The van der Waals surface area contributed by atoms with E-state index in [1.807, 2.05) is 45.0 Å². The van der Waals surface area contributed by atoms with Gasteiger partial charge in [0.05, 0.1) is 24.2 Å². The molecule has 0 aliphatic heterocycles. The molecule has 7 nitrogen and oxygen atoms in total. The van der Waals surface area contributed by atoms with E-state index in [1.54, 1.807) is 18.3 Å². The summed E-state index contributed by atoms with van der Waals surface area (Å²) >= 11 is 0. The summed E-state index contributed by atoms with van der Waals surface area (Å²) in [7, 11) is 1.31. The SMILES string of the molecule is CC.COC(=O)c1cc(-c2ccccn2)n(-c2ccc(C)nn2)n1. The Bertz CT molecular complexity index is 798. The van der Waals surface area contributed by atoms with Crippen LogP contribution in [0.4, 0.5) is 0 Å². The smallest absolute Gasteiger partial charge is 0.358 e. The van der Waals surface area contributed by atoms with E-state index in [2.05, 4.69) is 20.3 Å². The predicted molar refractivity (Wildman–Crippen MR) is 89.8 cm³/mol. The van der Waals surface area contributed by atoms with Gasteiger partial charge in [-0.15, -0.1) is 5.10 Å². The first kappa shape index (κ1) is 17.3. The molecular formula is C17H19N5O2.